The van der Waals surface area contributed by atoms with Crippen LogP contribution in [-0.4, -0.2) is 36.5 Å². The molecule has 1 N–H and O–H groups in total. The van der Waals surface area contributed by atoms with Crippen LogP contribution in [0.1, 0.15) is 11.3 Å². The fourth-order valence-electron chi connectivity index (χ4n) is 2.35. The fourth-order valence-corrected chi connectivity index (χ4v) is 2.47. The van der Waals surface area contributed by atoms with Crippen LogP contribution in [0.3, 0.4) is 0 Å². The first kappa shape index (κ1) is 15.5. The van der Waals surface area contributed by atoms with E-state index in [0.29, 0.717) is 30.5 Å². The number of nitriles is 1. The number of rotatable bonds is 4. The Labute approximate surface area is 139 Å². The summed E-state index contributed by atoms with van der Waals surface area (Å²) in [4.78, 5) is 2.10. The van der Waals surface area contributed by atoms with Crippen molar-refractivity contribution in [3.8, 4) is 6.07 Å². The van der Waals surface area contributed by atoms with E-state index in [1.807, 2.05) is 30.3 Å². The number of morpholine rings is 1. The van der Waals surface area contributed by atoms with E-state index in [1.165, 1.54) is 0 Å². The number of ether oxygens (including phenoxy) is 1. The van der Waals surface area contributed by atoms with Gasteiger partial charge in [0.15, 0.2) is 11.5 Å². The Bertz CT molecular complexity index is 707. The first-order valence-corrected chi connectivity index (χ1v) is 7.73. The van der Waals surface area contributed by atoms with Gasteiger partial charge in [-0.25, -0.2) is 0 Å². The summed E-state index contributed by atoms with van der Waals surface area (Å²) < 4.78 is 5.34. The molecule has 1 aromatic heterocycles. The molecule has 0 saturated carbocycles. The third-order valence-electron chi connectivity index (χ3n) is 3.62. The molecule has 0 bridgehead atoms. The molecule has 2 heterocycles. The van der Waals surface area contributed by atoms with Crippen LogP contribution in [0.25, 0.3) is 0 Å². The predicted molar refractivity (Wildman–Crippen MR) is 88.6 cm³/mol. The van der Waals surface area contributed by atoms with Gasteiger partial charge in [0.25, 0.3) is 0 Å². The van der Waals surface area contributed by atoms with E-state index in [9.17, 15) is 5.26 Å². The van der Waals surface area contributed by atoms with Crippen LogP contribution in [-0.2, 0) is 11.3 Å². The average Bonchev–Trinajstić information content (AvgIpc) is 2.62. The molecule has 6 nitrogen and oxygen atoms in total. The van der Waals surface area contributed by atoms with Crippen LogP contribution in [0.2, 0.25) is 5.02 Å². The molecule has 7 heteroatoms. The first-order valence-electron chi connectivity index (χ1n) is 7.35. The van der Waals surface area contributed by atoms with Gasteiger partial charge in [-0.1, -0.05) is 23.7 Å². The van der Waals surface area contributed by atoms with Crippen molar-refractivity contribution < 1.29 is 4.74 Å². The molecule has 118 valence electrons. The smallest absolute Gasteiger partial charge is 0.186 e. The van der Waals surface area contributed by atoms with Gasteiger partial charge in [0.05, 0.1) is 18.9 Å². The number of halogens is 1. The Morgan fingerprint density at radius 3 is 2.65 bits per heavy atom. The highest BCUT2D eigenvalue weighted by Crippen LogP contribution is 2.20. The molecular formula is C16H16ClN5O. The monoisotopic (exact) mass is 329 g/mol. The van der Waals surface area contributed by atoms with Crippen LogP contribution >= 0.6 is 11.6 Å². The topological polar surface area (TPSA) is 74.1 Å². The standard InChI is InChI=1S/C16H16ClN5O/c17-13-3-1-12(2-4-13)11-19-14-9-16(21-20-15(14)10-18)22-5-7-23-8-6-22/h1-4,9H,5-8,11H2,(H,19,21). The number of nitrogens with zero attached hydrogens (tertiary/aromatic N) is 4. The summed E-state index contributed by atoms with van der Waals surface area (Å²) in [5, 5.41) is 21.3. The lowest BCUT2D eigenvalue weighted by atomic mass is 10.2. The lowest BCUT2D eigenvalue weighted by Gasteiger charge is -2.27. The third-order valence-corrected chi connectivity index (χ3v) is 3.87. The lowest BCUT2D eigenvalue weighted by molar-refractivity contribution is 0.122. The van der Waals surface area contributed by atoms with E-state index < -0.39 is 0 Å². The zero-order valence-electron chi connectivity index (χ0n) is 12.5. The molecule has 23 heavy (non-hydrogen) atoms. The lowest BCUT2D eigenvalue weighted by Crippen LogP contribution is -2.37. The minimum atomic E-state index is 0.288. The fraction of sp³-hybridized carbons (Fsp3) is 0.312. The number of anilines is 2. The molecule has 0 aliphatic carbocycles. The second-order valence-corrected chi connectivity index (χ2v) is 5.59. The largest absolute Gasteiger partial charge is 0.378 e. The maximum Gasteiger partial charge on any atom is 0.186 e. The number of hydrogen-bond donors (Lipinski definition) is 1. The number of benzene rings is 1. The van der Waals surface area contributed by atoms with Gasteiger partial charge < -0.3 is 15.0 Å². The van der Waals surface area contributed by atoms with Crippen LogP contribution < -0.4 is 10.2 Å². The van der Waals surface area contributed by atoms with Crippen molar-refractivity contribution in [2.75, 3.05) is 36.5 Å². The SMILES string of the molecule is N#Cc1nnc(N2CCOCC2)cc1NCc1ccc(Cl)cc1. The molecule has 0 spiro atoms. The van der Waals surface area contributed by atoms with Gasteiger partial charge >= 0.3 is 0 Å². The van der Waals surface area contributed by atoms with Gasteiger partial charge in [0.2, 0.25) is 0 Å². The van der Waals surface area contributed by atoms with Gasteiger partial charge in [-0.2, -0.15) is 5.26 Å². The molecule has 1 fully saturated rings. The van der Waals surface area contributed by atoms with Crippen molar-refractivity contribution in [2.45, 2.75) is 6.54 Å². The second kappa shape index (κ2) is 7.27. The highest BCUT2D eigenvalue weighted by atomic mass is 35.5. The maximum absolute atomic E-state index is 9.21. The number of aromatic nitrogens is 2. The second-order valence-electron chi connectivity index (χ2n) is 5.16. The summed E-state index contributed by atoms with van der Waals surface area (Å²) in [6.45, 7) is 3.49. The third kappa shape index (κ3) is 3.89. The van der Waals surface area contributed by atoms with Crippen LogP contribution in [0.15, 0.2) is 30.3 Å². The quantitative estimate of drug-likeness (QED) is 0.928. The summed E-state index contributed by atoms with van der Waals surface area (Å²) in [7, 11) is 0. The summed E-state index contributed by atoms with van der Waals surface area (Å²) in [5.74, 6) is 0.755. The van der Waals surface area contributed by atoms with Crippen LogP contribution in [0.5, 0.6) is 0 Å². The van der Waals surface area contributed by atoms with Crippen molar-refractivity contribution >= 4 is 23.1 Å². The Morgan fingerprint density at radius 2 is 1.96 bits per heavy atom. The predicted octanol–water partition coefficient (Wildman–Crippen LogP) is 2.45. The van der Waals surface area contributed by atoms with E-state index >= 15 is 0 Å². The molecule has 1 aliphatic heterocycles. The normalized spacial score (nSPS) is 14.3. The summed E-state index contributed by atoms with van der Waals surface area (Å²) in [6.07, 6.45) is 0. The molecule has 0 atom stereocenters. The van der Waals surface area contributed by atoms with Gasteiger partial charge in [-0.15, -0.1) is 10.2 Å². The molecule has 0 radical (unpaired) electrons. The Morgan fingerprint density at radius 1 is 1.22 bits per heavy atom. The average molecular weight is 330 g/mol. The van der Waals surface area contributed by atoms with Crippen LogP contribution in [0.4, 0.5) is 11.5 Å². The zero-order chi connectivity index (χ0) is 16.1. The van der Waals surface area contributed by atoms with Gasteiger partial charge in [-0.05, 0) is 17.7 Å². The van der Waals surface area contributed by atoms with Gasteiger partial charge in [0, 0.05) is 30.7 Å². The molecule has 3 rings (SSSR count). The molecule has 2 aromatic rings. The Kier molecular flexibility index (Phi) is 4.91. The number of hydrogen-bond acceptors (Lipinski definition) is 6. The van der Waals surface area contributed by atoms with Crippen molar-refractivity contribution in [1.29, 1.82) is 5.26 Å². The van der Waals surface area contributed by atoms with Crippen molar-refractivity contribution in [3.05, 3.63) is 46.6 Å². The molecule has 0 unspecified atom stereocenters. The van der Waals surface area contributed by atoms with Gasteiger partial charge in [0.1, 0.15) is 6.07 Å². The Hall–Kier alpha value is -2.36. The highest BCUT2D eigenvalue weighted by molar-refractivity contribution is 6.30. The van der Waals surface area contributed by atoms with Gasteiger partial charge in [-0.3, -0.25) is 0 Å². The molecule has 1 aliphatic rings. The Balaban J connectivity index is 1.76. The first-order chi connectivity index (χ1) is 11.3. The maximum atomic E-state index is 9.21. The summed E-state index contributed by atoms with van der Waals surface area (Å²) in [6, 6.07) is 11.5. The molecule has 1 aromatic carbocycles. The van der Waals surface area contributed by atoms with Crippen LogP contribution in [0, 0.1) is 11.3 Å². The van der Waals surface area contributed by atoms with Crippen molar-refractivity contribution in [3.63, 3.8) is 0 Å². The minimum Gasteiger partial charge on any atom is -0.378 e. The molecule has 1 saturated heterocycles. The summed E-state index contributed by atoms with van der Waals surface area (Å²) in [5.41, 5.74) is 2.04. The molecular weight excluding hydrogens is 314 g/mol. The molecule has 0 amide bonds. The highest BCUT2D eigenvalue weighted by Gasteiger charge is 2.15. The van der Waals surface area contributed by atoms with E-state index in [2.05, 4.69) is 26.5 Å². The van der Waals surface area contributed by atoms with E-state index in [0.717, 1.165) is 24.5 Å². The van der Waals surface area contributed by atoms with Crippen molar-refractivity contribution in [1.82, 2.24) is 10.2 Å². The van der Waals surface area contributed by atoms with E-state index in [4.69, 9.17) is 16.3 Å². The minimum absolute atomic E-state index is 0.288. The number of nitrogens with one attached hydrogen (secondary N) is 1. The van der Waals surface area contributed by atoms with Crippen molar-refractivity contribution in [2.24, 2.45) is 0 Å². The summed E-state index contributed by atoms with van der Waals surface area (Å²) >= 11 is 5.89. The van der Waals surface area contributed by atoms with E-state index in [1.54, 1.807) is 0 Å². The van der Waals surface area contributed by atoms with E-state index in [-0.39, 0.29) is 5.69 Å². The zero-order valence-corrected chi connectivity index (χ0v) is 13.3.